The molecule has 0 aliphatic carbocycles. The summed E-state index contributed by atoms with van der Waals surface area (Å²) < 4.78 is 7.32. The monoisotopic (exact) mass is 372 g/mol. The van der Waals surface area contributed by atoms with Gasteiger partial charge in [0.25, 0.3) is 5.91 Å². The summed E-state index contributed by atoms with van der Waals surface area (Å²) >= 11 is 0. The standard InChI is InChI=1S/C20H16N6O2/c21-19(27)15-10-26(16-6-2-1-4-14(15)16)11-18-24-17(25-28-18)8-12-9-23-20-13(12)5-3-7-22-20/h1-7,9-10H,8,11H2,(H2,21,27)(H,22,23). The van der Waals surface area contributed by atoms with Crippen molar-refractivity contribution in [3.63, 3.8) is 0 Å². The second kappa shape index (κ2) is 6.34. The highest BCUT2D eigenvalue weighted by Crippen LogP contribution is 2.22. The maximum Gasteiger partial charge on any atom is 0.250 e. The van der Waals surface area contributed by atoms with Crippen LogP contribution in [-0.4, -0.2) is 30.6 Å². The molecule has 0 bridgehead atoms. The van der Waals surface area contributed by atoms with Gasteiger partial charge in [0.1, 0.15) is 12.2 Å². The molecule has 0 atom stereocenters. The topological polar surface area (TPSA) is 116 Å². The van der Waals surface area contributed by atoms with Crippen molar-refractivity contribution < 1.29 is 9.32 Å². The van der Waals surface area contributed by atoms with Crippen LogP contribution in [0.1, 0.15) is 27.6 Å². The third kappa shape index (κ3) is 2.71. The number of pyridine rings is 1. The van der Waals surface area contributed by atoms with Gasteiger partial charge in [-0.15, -0.1) is 0 Å². The number of nitrogens with one attached hydrogen (secondary N) is 1. The molecule has 5 rings (SSSR count). The van der Waals surface area contributed by atoms with Crippen LogP contribution < -0.4 is 5.73 Å². The molecule has 8 nitrogen and oxygen atoms in total. The number of aromatic amines is 1. The Morgan fingerprint density at radius 1 is 1.18 bits per heavy atom. The molecule has 0 saturated heterocycles. The lowest BCUT2D eigenvalue weighted by molar-refractivity contribution is 0.100. The van der Waals surface area contributed by atoms with Gasteiger partial charge >= 0.3 is 0 Å². The molecule has 5 aromatic rings. The number of amides is 1. The van der Waals surface area contributed by atoms with E-state index in [-0.39, 0.29) is 0 Å². The molecule has 0 aliphatic heterocycles. The largest absolute Gasteiger partial charge is 0.366 e. The summed E-state index contributed by atoms with van der Waals surface area (Å²) in [5.74, 6) is 0.588. The molecule has 1 amide bonds. The Morgan fingerprint density at radius 3 is 2.93 bits per heavy atom. The highest BCUT2D eigenvalue weighted by molar-refractivity contribution is 6.06. The van der Waals surface area contributed by atoms with E-state index in [4.69, 9.17) is 10.3 Å². The number of carbonyl (C=O) groups is 1. The Kier molecular flexibility index (Phi) is 3.68. The molecule has 0 radical (unpaired) electrons. The van der Waals surface area contributed by atoms with Crippen molar-refractivity contribution in [3.05, 3.63) is 77.8 Å². The van der Waals surface area contributed by atoms with Crippen molar-refractivity contribution in [1.82, 2.24) is 24.7 Å². The molecule has 4 aromatic heterocycles. The zero-order valence-electron chi connectivity index (χ0n) is 14.8. The third-order valence-corrected chi connectivity index (χ3v) is 4.76. The minimum absolute atomic E-state index is 0.357. The van der Waals surface area contributed by atoms with Crippen LogP contribution >= 0.6 is 0 Å². The second-order valence-corrected chi connectivity index (χ2v) is 6.55. The number of H-pyrrole nitrogens is 1. The van der Waals surface area contributed by atoms with E-state index in [0.29, 0.717) is 30.2 Å². The molecular formula is C20H16N6O2. The number of carbonyl (C=O) groups excluding carboxylic acids is 1. The number of fused-ring (bicyclic) bond motifs is 2. The lowest BCUT2D eigenvalue weighted by atomic mass is 10.1. The van der Waals surface area contributed by atoms with E-state index < -0.39 is 5.91 Å². The third-order valence-electron chi connectivity index (χ3n) is 4.76. The van der Waals surface area contributed by atoms with Crippen LogP contribution in [0.4, 0.5) is 0 Å². The summed E-state index contributed by atoms with van der Waals surface area (Å²) in [5, 5.41) is 5.94. The second-order valence-electron chi connectivity index (χ2n) is 6.55. The van der Waals surface area contributed by atoms with Gasteiger partial charge in [-0.25, -0.2) is 4.98 Å². The fourth-order valence-electron chi connectivity index (χ4n) is 3.48. The van der Waals surface area contributed by atoms with Crippen LogP contribution in [0, 0.1) is 0 Å². The van der Waals surface area contributed by atoms with E-state index in [0.717, 1.165) is 27.5 Å². The zero-order valence-corrected chi connectivity index (χ0v) is 14.8. The quantitative estimate of drug-likeness (QED) is 0.492. The predicted octanol–water partition coefficient (Wildman–Crippen LogP) is 2.64. The van der Waals surface area contributed by atoms with Crippen molar-refractivity contribution in [2.24, 2.45) is 5.73 Å². The Balaban J connectivity index is 1.43. The van der Waals surface area contributed by atoms with Gasteiger partial charge in [0.05, 0.1) is 5.56 Å². The average molecular weight is 372 g/mol. The fourth-order valence-corrected chi connectivity index (χ4v) is 3.48. The smallest absolute Gasteiger partial charge is 0.250 e. The summed E-state index contributed by atoms with van der Waals surface area (Å²) in [5.41, 5.74) is 8.75. The fraction of sp³-hybridized carbons (Fsp3) is 0.100. The van der Waals surface area contributed by atoms with Crippen molar-refractivity contribution in [2.75, 3.05) is 0 Å². The number of para-hydroxylation sites is 1. The van der Waals surface area contributed by atoms with E-state index in [1.807, 2.05) is 47.2 Å². The van der Waals surface area contributed by atoms with Gasteiger partial charge in [0.2, 0.25) is 5.89 Å². The molecule has 0 saturated carbocycles. The van der Waals surface area contributed by atoms with Gasteiger partial charge in [-0.2, -0.15) is 4.98 Å². The summed E-state index contributed by atoms with van der Waals surface area (Å²) in [6.07, 6.45) is 5.92. The van der Waals surface area contributed by atoms with Gasteiger partial charge in [-0.1, -0.05) is 23.4 Å². The van der Waals surface area contributed by atoms with Crippen LogP contribution in [0.25, 0.3) is 21.9 Å². The van der Waals surface area contributed by atoms with Crippen LogP contribution in [0.3, 0.4) is 0 Å². The predicted molar refractivity (Wildman–Crippen MR) is 103 cm³/mol. The van der Waals surface area contributed by atoms with Crippen molar-refractivity contribution in [3.8, 4) is 0 Å². The zero-order chi connectivity index (χ0) is 19.1. The number of nitrogens with two attached hydrogens (primary N) is 1. The van der Waals surface area contributed by atoms with Gasteiger partial charge in [-0.05, 0) is 23.8 Å². The molecule has 0 spiro atoms. The Labute approximate surface area is 159 Å². The van der Waals surface area contributed by atoms with Gasteiger partial charge in [0, 0.05) is 41.3 Å². The number of nitrogens with zero attached hydrogens (tertiary/aromatic N) is 4. The first kappa shape index (κ1) is 16.2. The van der Waals surface area contributed by atoms with Gasteiger partial charge in [0.15, 0.2) is 5.82 Å². The summed E-state index contributed by atoms with van der Waals surface area (Å²) in [7, 11) is 0. The number of hydrogen-bond donors (Lipinski definition) is 2. The molecule has 0 aliphatic rings. The van der Waals surface area contributed by atoms with E-state index in [2.05, 4.69) is 20.1 Å². The summed E-state index contributed by atoms with van der Waals surface area (Å²) in [6.45, 7) is 0.357. The molecule has 28 heavy (non-hydrogen) atoms. The Bertz CT molecular complexity index is 1310. The maximum atomic E-state index is 11.7. The first-order valence-corrected chi connectivity index (χ1v) is 8.79. The minimum atomic E-state index is -0.464. The molecule has 138 valence electrons. The lowest BCUT2D eigenvalue weighted by Gasteiger charge is -2.00. The molecule has 8 heteroatoms. The van der Waals surface area contributed by atoms with Crippen molar-refractivity contribution in [1.29, 1.82) is 0 Å². The van der Waals surface area contributed by atoms with Crippen LogP contribution in [0.5, 0.6) is 0 Å². The maximum absolute atomic E-state index is 11.7. The summed E-state index contributed by atoms with van der Waals surface area (Å²) in [6, 6.07) is 11.5. The van der Waals surface area contributed by atoms with Crippen LogP contribution in [0.2, 0.25) is 0 Å². The molecule has 1 aromatic carbocycles. The molecule has 4 heterocycles. The highest BCUT2D eigenvalue weighted by atomic mass is 16.5. The number of primary amides is 1. The molecule has 0 fully saturated rings. The highest BCUT2D eigenvalue weighted by Gasteiger charge is 2.15. The van der Waals surface area contributed by atoms with Gasteiger partial charge in [-0.3, -0.25) is 4.79 Å². The molecular weight excluding hydrogens is 356 g/mol. The van der Waals surface area contributed by atoms with E-state index in [1.54, 1.807) is 12.4 Å². The molecule has 0 unspecified atom stereocenters. The van der Waals surface area contributed by atoms with E-state index >= 15 is 0 Å². The SMILES string of the molecule is NC(=O)c1cn(Cc2nc(Cc3c[nH]c4ncccc34)no2)c2ccccc12. The number of aromatic nitrogens is 5. The minimum Gasteiger partial charge on any atom is -0.366 e. The number of rotatable bonds is 5. The normalized spacial score (nSPS) is 11.4. The molecule has 3 N–H and O–H groups in total. The number of hydrogen-bond acceptors (Lipinski definition) is 5. The lowest BCUT2D eigenvalue weighted by Crippen LogP contribution is -2.10. The Morgan fingerprint density at radius 2 is 2.04 bits per heavy atom. The van der Waals surface area contributed by atoms with Crippen LogP contribution in [0.15, 0.2) is 59.5 Å². The number of benzene rings is 1. The van der Waals surface area contributed by atoms with Crippen molar-refractivity contribution in [2.45, 2.75) is 13.0 Å². The first-order valence-electron chi connectivity index (χ1n) is 8.79. The van der Waals surface area contributed by atoms with E-state index in [9.17, 15) is 4.79 Å². The first-order chi connectivity index (χ1) is 13.7. The van der Waals surface area contributed by atoms with Crippen LogP contribution in [-0.2, 0) is 13.0 Å². The Hall–Kier alpha value is -3.94. The average Bonchev–Trinajstić information content (AvgIpc) is 3.41. The summed E-state index contributed by atoms with van der Waals surface area (Å²) in [4.78, 5) is 23.7. The van der Waals surface area contributed by atoms with Crippen molar-refractivity contribution >= 4 is 27.8 Å². The van der Waals surface area contributed by atoms with Gasteiger partial charge < -0.3 is 19.8 Å². The van der Waals surface area contributed by atoms with E-state index in [1.165, 1.54) is 0 Å².